The minimum Gasteiger partial charge on any atom is -0.496 e. The van der Waals surface area contributed by atoms with Crippen molar-refractivity contribution < 1.29 is 4.74 Å². The van der Waals surface area contributed by atoms with Crippen molar-refractivity contribution >= 4 is 27.6 Å². The molecule has 0 spiro atoms. The summed E-state index contributed by atoms with van der Waals surface area (Å²) < 4.78 is 7.26. The molecule has 0 fully saturated rings. The summed E-state index contributed by atoms with van der Waals surface area (Å²) in [6, 6.07) is 11.3. The zero-order chi connectivity index (χ0) is 13.7. The Kier molecular flexibility index (Phi) is 2.12. The molecule has 0 saturated carbocycles. The van der Waals surface area contributed by atoms with Gasteiger partial charge in [0, 0.05) is 11.6 Å². The Morgan fingerprint density at radius 1 is 1.20 bits per heavy atom. The van der Waals surface area contributed by atoms with Crippen molar-refractivity contribution in [3.63, 3.8) is 0 Å². The Labute approximate surface area is 113 Å². The highest BCUT2D eigenvalue weighted by atomic mass is 16.5. The lowest BCUT2D eigenvalue weighted by molar-refractivity contribution is 0.419. The van der Waals surface area contributed by atoms with Crippen molar-refractivity contribution in [1.29, 1.82) is 0 Å². The van der Waals surface area contributed by atoms with Crippen LogP contribution in [0.5, 0.6) is 5.75 Å². The van der Waals surface area contributed by atoms with Crippen LogP contribution in [0.4, 0.5) is 0 Å². The number of aromatic amines is 1. The van der Waals surface area contributed by atoms with Crippen molar-refractivity contribution in [3.05, 3.63) is 52.9 Å². The predicted molar refractivity (Wildman–Crippen MR) is 77.4 cm³/mol. The van der Waals surface area contributed by atoms with E-state index in [4.69, 9.17) is 4.74 Å². The molecule has 4 aromatic rings. The highest BCUT2D eigenvalue weighted by molar-refractivity contribution is 6.05. The Morgan fingerprint density at radius 2 is 2.10 bits per heavy atom. The second-order valence-corrected chi connectivity index (χ2v) is 4.57. The van der Waals surface area contributed by atoms with E-state index in [0.29, 0.717) is 16.8 Å². The Hall–Kier alpha value is -2.82. The number of H-pyrrole nitrogens is 1. The average Bonchev–Trinajstić information content (AvgIpc) is 2.84. The first kappa shape index (κ1) is 11.0. The van der Waals surface area contributed by atoms with Crippen LogP contribution < -0.4 is 10.3 Å². The number of imidazole rings is 1. The van der Waals surface area contributed by atoms with Crippen LogP contribution in [0.2, 0.25) is 0 Å². The summed E-state index contributed by atoms with van der Waals surface area (Å²) in [6.45, 7) is 0. The van der Waals surface area contributed by atoms with Crippen molar-refractivity contribution in [3.8, 4) is 5.75 Å². The fourth-order valence-corrected chi connectivity index (χ4v) is 2.64. The molecule has 0 amide bonds. The van der Waals surface area contributed by atoms with E-state index in [2.05, 4.69) is 9.97 Å². The molecule has 0 saturated heterocycles. The number of aromatic nitrogens is 3. The molecule has 0 radical (unpaired) electrons. The third-order valence-corrected chi connectivity index (χ3v) is 3.49. The number of hydrogen-bond donors (Lipinski definition) is 1. The summed E-state index contributed by atoms with van der Waals surface area (Å²) in [7, 11) is 1.56. The Balaban J connectivity index is 2.37. The number of methoxy groups -OCH3 is 1. The van der Waals surface area contributed by atoms with Gasteiger partial charge in [-0.2, -0.15) is 0 Å². The minimum absolute atomic E-state index is 0.187. The number of fused-ring (bicyclic) bond motifs is 5. The van der Waals surface area contributed by atoms with Crippen molar-refractivity contribution in [2.75, 3.05) is 7.11 Å². The molecule has 1 aromatic carbocycles. The van der Waals surface area contributed by atoms with E-state index in [9.17, 15) is 4.79 Å². The topological polar surface area (TPSA) is 59.4 Å². The summed E-state index contributed by atoms with van der Waals surface area (Å²) in [5.74, 6) is 0.566. The van der Waals surface area contributed by atoms with Crippen LogP contribution in [-0.4, -0.2) is 21.5 Å². The molecule has 0 bridgehead atoms. The summed E-state index contributed by atoms with van der Waals surface area (Å²) in [5, 5.41) is 1.38. The molecule has 20 heavy (non-hydrogen) atoms. The second-order valence-electron chi connectivity index (χ2n) is 4.57. The molecular weight excluding hydrogens is 254 g/mol. The van der Waals surface area contributed by atoms with E-state index in [-0.39, 0.29) is 5.56 Å². The highest BCUT2D eigenvalue weighted by Gasteiger charge is 2.13. The molecule has 0 aliphatic rings. The normalized spacial score (nSPS) is 11.4. The molecule has 5 nitrogen and oxygen atoms in total. The molecule has 0 aliphatic heterocycles. The van der Waals surface area contributed by atoms with Gasteiger partial charge >= 0.3 is 0 Å². The van der Waals surface area contributed by atoms with Crippen molar-refractivity contribution in [2.24, 2.45) is 0 Å². The molecule has 0 atom stereocenters. The van der Waals surface area contributed by atoms with Crippen LogP contribution in [0.3, 0.4) is 0 Å². The third-order valence-electron chi connectivity index (χ3n) is 3.49. The lowest BCUT2D eigenvalue weighted by Gasteiger charge is -2.05. The smallest absolute Gasteiger partial charge is 0.261 e. The van der Waals surface area contributed by atoms with E-state index in [1.54, 1.807) is 13.2 Å². The number of rotatable bonds is 1. The van der Waals surface area contributed by atoms with Gasteiger partial charge in [-0.3, -0.25) is 9.20 Å². The molecule has 98 valence electrons. The van der Waals surface area contributed by atoms with Crippen molar-refractivity contribution in [2.45, 2.75) is 0 Å². The Bertz CT molecular complexity index is 1010. The zero-order valence-corrected chi connectivity index (χ0v) is 10.8. The lowest BCUT2D eigenvalue weighted by atomic mass is 10.1. The fourth-order valence-electron chi connectivity index (χ4n) is 2.64. The molecule has 3 heterocycles. The number of nitrogens with one attached hydrogen (secondary N) is 1. The second kappa shape index (κ2) is 3.84. The SMILES string of the molecule is COc1cccc2c1c(=O)[nH]c1nc3ccccn3c12. The standard InChI is InChI=1S/C15H11N3O2/c1-20-10-6-4-5-9-12(10)15(19)17-14-13(9)18-8-3-2-7-11(18)16-14/h2-8H,1H3,(H,17,19). The molecule has 1 N–H and O–H groups in total. The van der Waals surface area contributed by atoms with Gasteiger partial charge in [0.2, 0.25) is 0 Å². The summed E-state index contributed by atoms with van der Waals surface area (Å²) in [6.07, 6.45) is 1.93. The maximum Gasteiger partial charge on any atom is 0.261 e. The first-order chi connectivity index (χ1) is 9.79. The van der Waals surface area contributed by atoms with Crippen LogP contribution in [0.25, 0.3) is 27.6 Å². The van der Waals surface area contributed by atoms with Gasteiger partial charge in [0.05, 0.1) is 18.0 Å². The molecule has 3 aromatic heterocycles. The van der Waals surface area contributed by atoms with E-state index in [1.807, 2.05) is 40.9 Å². The summed E-state index contributed by atoms with van der Waals surface area (Å²) >= 11 is 0. The highest BCUT2D eigenvalue weighted by Crippen LogP contribution is 2.27. The Morgan fingerprint density at radius 3 is 2.95 bits per heavy atom. The van der Waals surface area contributed by atoms with Crippen LogP contribution in [0.1, 0.15) is 0 Å². The molecule has 5 heteroatoms. The maximum atomic E-state index is 12.3. The minimum atomic E-state index is -0.187. The van der Waals surface area contributed by atoms with Crippen LogP contribution in [0.15, 0.2) is 47.4 Å². The van der Waals surface area contributed by atoms with Crippen LogP contribution >= 0.6 is 0 Å². The summed E-state index contributed by atoms with van der Waals surface area (Å²) in [5.41, 5.74) is 2.08. The largest absolute Gasteiger partial charge is 0.496 e. The first-order valence-corrected chi connectivity index (χ1v) is 6.25. The lowest BCUT2D eigenvalue weighted by Crippen LogP contribution is -2.08. The number of benzene rings is 1. The monoisotopic (exact) mass is 265 g/mol. The average molecular weight is 265 g/mol. The number of pyridine rings is 2. The summed E-state index contributed by atoms with van der Waals surface area (Å²) in [4.78, 5) is 19.5. The molecule has 0 unspecified atom stereocenters. The van der Waals surface area contributed by atoms with E-state index in [1.165, 1.54) is 0 Å². The van der Waals surface area contributed by atoms with Gasteiger partial charge in [-0.1, -0.05) is 18.2 Å². The van der Waals surface area contributed by atoms with Gasteiger partial charge in [0.25, 0.3) is 5.56 Å². The zero-order valence-electron chi connectivity index (χ0n) is 10.8. The number of hydrogen-bond acceptors (Lipinski definition) is 3. The van der Waals surface area contributed by atoms with Gasteiger partial charge < -0.3 is 9.72 Å². The van der Waals surface area contributed by atoms with E-state index >= 15 is 0 Å². The van der Waals surface area contributed by atoms with Crippen molar-refractivity contribution in [1.82, 2.24) is 14.4 Å². The molecule has 0 aliphatic carbocycles. The fraction of sp³-hybridized carbons (Fsp3) is 0.0667. The van der Waals surface area contributed by atoms with Gasteiger partial charge in [-0.05, 0) is 18.2 Å². The molecule has 4 rings (SSSR count). The first-order valence-electron chi connectivity index (χ1n) is 6.25. The molecular formula is C15H11N3O2. The van der Waals surface area contributed by atoms with Crippen LogP contribution in [0, 0.1) is 0 Å². The van der Waals surface area contributed by atoms with E-state index < -0.39 is 0 Å². The maximum absolute atomic E-state index is 12.3. The number of ether oxygens (including phenoxy) is 1. The third kappa shape index (κ3) is 1.31. The quantitative estimate of drug-likeness (QED) is 0.574. The van der Waals surface area contributed by atoms with E-state index in [0.717, 1.165) is 16.6 Å². The van der Waals surface area contributed by atoms with Gasteiger partial charge in [-0.15, -0.1) is 0 Å². The number of nitrogens with zero attached hydrogens (tertiary/aromatic N) is 2. The van der Waals surface area contributed by atoms with Gasteiger partial charge in [0.1, 0.15) is 11.4 Å². The predicted octanol–water partition coefficient (Wildman–Crippen LogP) is 2.34. The van der Waals surface area contributed by atoms with Crippen LogP contribution in [-0.2, 0) is 0 Å². The van der Waals surface area contributed by atoms with Gasteiger partial charge in [0.15, 0.2) is 5.65 Å². The van der Waals surface area contributed by atoms with Gasteiger partial charge in [-0.25, -0.2) is 4.98 Å².